The smallest absolute Gasteiger partial charge is 0.294 e. The zero-order valence-electron chi connectivity index (χ0n) is 36.8. The average Bonchev–Trinajstić information content (AvgIpc) is 3.59. The van der Waals surface area contributed by atoms with Crippen LogP contribution < -0.4 is 15.5 Å². The van der Waals surface area contributed by atoms with Gasteiger partial charge in [0.05, 0.1) is 21.6 Å². The summed E-state index contributed by atoms with van der Waals surface area (Å²) in [6, 6.07) is 23.9. The van der Waals surface area contributed by atoms with Gasteiger partial charge < -0.3 is 20.6 Å². The van der Waals surface area contributed by atoms with E-state index < -0.39 is 31.1 Å². The minimum atomic E-state index is -4.45. The zero-order valence-corrected chi connectivity index (χ0v) is 38.5. The van der Waals surface area contributed by atoms with Gasteiger partial charge in [0.1, 0.15) is 12.3 Å². The van der Waals surface area contributed by atoms with E-state index in [1.54, 1.807) is 24.3 Å². The SMILES string of the molecule is CCN1C(=CC=CC2=[N+](CCCCCC(=O)NCCNC(=O)Cc3ccc(/C=C/c4ccc(O)cc4)cc3)c3ccc(S(=O)(=O)O)cc3C2(C)C)C(C)(C)c2cc(S(=O)(=O)O)ccc21. The summed E-state index contributed by atoms with van der Waals surface area (Å²) < 4.78 is 70.1. The molecule has 6 rings (SSSR count). The van der Waals surface area contributed by atoms with E-state index in [0.29, 0.717) is 39.0 Å². The minimum absolute atomic E-state index is 0.105. The van der Waals surface area contributed by atoms with Gasteiger partial charge in [-0.25, -0.2) is 0 Å². The van der Waals surface area contributed by atoms with Crippen molar-refractivity contribution in [3.05, 3.63) is 137 Å². The third-order valence-corrected chi connectivity index (χ3v) is 13.6. The highest BCUT2D eigenvalue weighted by molar-refractivity contribution is 7.86. The van der Waals surface area contributed by atoms with Gasteiger partial charge in [0.15, 0.2) is 5.71 Å². The van der Waals surface area contributed by atoms with E-state index in [1.807, 2.05) is 101 Å². The Morgan fingerprint density at radius 1 is 0.703 bits per heavy atom. The summed E-state index contributed by atoms with van der Waals surface area (Å²) in [6.45, 7) is 11.8. The van der Waals surface area contributed by atoms with Crippen molar-refractivity contribution in [2.75, 3.05) is 31.1 Å². The number of phenols is 1. The number of carbonyl (C=O) groups excluding carboxylic acids is 2. The Balaban J connectivity index is 1.03. The molecule has 4 aromatic rings. The van der Waals surface area contributed by atoms with E-state index >= 15 is 0 Å². The highest BCUT2D eigenvalue weighted by atomic mass is 32.2. The molecule has 0 radical (unpaired) electrons. The Morgan fingerprint density at radius 2 is 1.28 bits per heavy atom. The molecule has 0 fully saturated rings. The van der Waals surface area contributed by atoms with Crippen LogP contribution in [0.3, 0.4) is 0 Å². The molecule has 0 aromatic heterocycles. The number of nitrogens with zero attached hydrogens (tertiary/aromatic N) is 2. The number of likely N-dealkylation sites (N-methyl/N-ethyl adjacent to an activating group) is 1. The number of benzene rings is 4. The third kappa shape index (κ3) is 11.1. The van der Waals surface area contributed by atoms with Crippen LogP contribution in [0.1, 0.15) is 88.1 Å². The van der Waals surface area contributed by atoms with Crippen LogP contribution in [0.15, 0.2) is 119 Å². The maximum atomic E-state index is 12.7. The van der Waals surface area contributed by atoms with Crippen molar-refractivity contribution < 1.29 is 45.2 Å². The molecule has 2 aliphatic rings. The summed E-state index contributed by atoms with van der Waals surface area (Å²) in [7, 11) is -8.84. The Bertz CT molecular complexity index is 2750. The zero-order chi connectivity index (χ0) is 46.5. The molecule has 64 heavy (non-hydrogen) atoms. The summed E-state index contributed by atoms with van der Waals surface area (Å²) in [5.41, 5.74) is 6.61. The summed E-state index contributed by atoms with van der Waals surface area (Å²) in [6.07, 6.45) is 12.5. The second kappa shape index (κ2) is 19.5. The average molecular weight is 910 g/mol. The number of allylic oxidation sites excluding steroid dienone is 4. The minimum Gasteiger partial charge on any atom is -0.508 e. The summed E-state index contributed by atoms with van der Waals surface area (Å²) >= 11 is 0. The molecule has 0 atom stereocenters. The highest BCUT2D eigenvalue weighted by Crippen LogP contribution is 2.48. The second-order valence-corrected chi connectivity index (χ2v) is 19.9. The van der Waals surface area contributed by atoms with Gasteiger partial charge in [0, 0.05) is 67.0 Å². The maximum absolute atomic E-state index is 12.7. The molecule has 2 amide bonds. The number of rotatable bonds is 18. The van der Waals surface area contributed by atoms with Gasteiger partial charge in [0.2, 0.25) is 17.5 Å². The van der Waals surface area contributed by atoms with Crippen molar-refractivity contribution in [3.63, 3.8) is 0 Å². The van der Waals surface area contributed by atoms with Gasteiger partial charge in [-0.2, -0.15) is 21.4 Å². The van der Waals surface area contributed by atoms with Crippen molar-refractivity contribution in [3.8, 4) is 5.75 Å². The van der Waals surface area contributed by atoms with Crippen LogP contribution >= 0.6 is 0 Å². The molecule has 0 bridgehead atoms. The third-order valence-electron chi connectivity index (χ3n) is 11.9. The predicted molar refractivity (Wildman–Crippen MR) is 250 cm³/mol. The number of amides is 2. The lowest BCUT2D eigenvalue weighted by molar-refractivity contribution is -0.438. The molecule has 0 aliphatic carbocycles. The van der Waals surface area contributed by atoms with Crippen molar-refractivity contribution in [2.24, 2.45) is 0 Å². The molecule has 2 heterocycles. The first kappa shape index (κ1) is 47.6. The Kier molecular flexibility index (Phi) is 14.5. The molecule has 4 aromatic carbocycles. The number of unbranched alkanes of at least 4 members (excludes halogenated alkanes) is 2. The van der Waals surface area contributed by atoms with E-state index in [9.17, 15) is 40.6 Å². The van der Waals surface area contributed by atoms with Crippen LogP contribution in [0.2, 0.25) is 0 Å². The molecular formula is C49H57N4O9S2+. The van der Waals surface area contributed by atoms with Crippen LogP contribution in [0.5, 0.6) is 5.75 Å². The van der Waals surface area contributed by atoms with Crippen molar-refractivity contribution in [2.45, 2.75) is 87.3 Å². The number of hydrogen-bond acceptors (Lipinski definition) is 8. The summed E-state index contributed by atoms with van der Waals surface area (Å²) in [5, 5.41) is 15.2. The molecule has 0 saturated heterocycles. The Morgan fingerprint density at radius 3 is 1.89 bits per heavy atom. The number of aromatic hydroxyl groups is 1. The van der Waals surface area contributed by atoms with Crippen LogP contribution in [-0.2, 0) is 47.1 Å². The quantitative estimate of drug-likeness (QED) is 0.0286. The molecule has 5 N–H and O–H groups in total. The van der Waals surface area contributed by atoms with Gasteiger partial charge in [0.25, 0.3) is 20.2 Å². The van der Waals surface area contributed by atoms with Crippen LogP contribution in [0, 0.1) is 0 Å². The van der Waals surface area contributed by atoms with Crippen LogP contribution in [0.4, 0.5) is 11.4 Å². The lowest BCUT2D eigenvalue weighted by Gasteiger charge is -2.25. The van der Waals surface area contributed by atoms with E-state index in [0.717, 1.165) is 63.4 Å². The first-order valence-corrected chi connectivity index (χ1v) is 24.2. The van der Waals surface area contributed by atoms with Gasteiger partial charge in [-0.15, -0.1) is 0 Å². The van der Waals surface area contributed by atoms with Crippen molar-refractivity contribution >= 4 is 61.3 Å². The first-order chi connectivity index (χ1) is 30.2. The number of anilines is 1. The number of nitrogens with one attached hydrogen (secondary N) is 2. The second-order valence-electron chi connectivity index (χ2n) is 17.1. The molecule has 0 unspecified atom stereocenters. The van der Waals surface area contributed by atoms with Crippen LogP contribution in [-0.4, -0.2) is 79.3 Å². The molecule has 338 valence electrons. The fourth-order valence-corrected chi connectivity index (χ4v) is 9.45. The number of carbonyl (C=O) groups is 2. The maximum Gasteiger partial charge on any atom is 0.294 e. The van der Waals surface area contributed by atoms with Crippen molar-refractivity contribution in [1.29, 1.82) is 0 Å². The molecule has 2 aliphatic heterocycles. The monoisotopic (exact) mass is 909 g/mol. The molecule has 0 spiro atoms. The van der Waals surface area contributed by atoms with Gasteiger partial charge in [-0.05, 0) is 104 Å². The van der Waals surface area contributed by atoms with E-state index in [2.05, 4.69) is 20.1 Å². The number of fused-ring (bicyclic) bond motifs is 2. The molecule has 0 saturated carbocycles. The summed E-state index contributed by atoms with van der Waals surface area (Å²) in [5.74, 6) is -0.0310. The van der Waals surface area contributed by atoms with E-state index in [1.165, 1.54) is 24.3 Å². The highest BCUT2D eigenvalue weighted by Gasteiger charge is 2.45. The molecule has 13 nitrogen and oxygen atoms in total. The Hall–Kier alpha value is -5.87. The Labute approximate surface area is 376 Å². The van der Waals surface area contributed by atoms with E-state index in [-0.39, 0.29) is 33.8 Å². The predicted octanol–water partition coefficient (Wildman–Crippen LogP) is 7.73. The van der Waals surface area contributed by atoms with Crippen molar-refractivity contribution in [1.82, 2.24) is 10.6 Å². The fourth-order valence-electron chi connectivity index (χ4n) is 8.44. The van der Waals surface area contributed by atoms with Crippen LogP contribution in [0.25, 0.3) is 12.2 Å². The lowest BCUT2D eigenvalue weighted by atomic mass is 9.81. The van der Waals surface area contributed by atoms with Gasteiger partial charge in [-0.1, -0.05) is 68.5 Å². The largest absolute Gasteiger partial charge is 0.508 e. The normalized spacial score (nSPS) is 16.2. The fraction of sp³-hybridized carbons (Fsp3) is 0.327. The lowest BCUT2D eigenvalue weighted by Crippen LogP contribution is -2.35. The van der Waals surface area contributed by atoms with Gasteiger partial charge >= 0.3 is 0 Å². The first-order valence-electron chi connectivity index (χ1n) is 21.3. The summed E-state index contributed by atoms with van der Waals surface area (Å²) in [4.78, 5) is 27.0. The van der Waals surface area contributed by atoms with E-state index in [4.69, 9.17) is 0 Å². The standard InChI is InChI=1S/C49H56N4O9S2/c1-6-52-42-26-24-38(63(57,58)59)32-40(42)48(2,3)44(52)11-10-12-45-49(4,5)41-33-39(64(60,61)62)25-27-43(41)53(45)30-9-7-8-13-46(55)50-28-29-51-47(56)31-36-18-16-34(17-19-36)14-15-35-20-22-37(54)23-21-35/h10-12,14-27,32-33H,6-9,13,28-31H2,1-5H3,(H4-,50,51,54,55,56,57,58,59,60,61,62)/p+1/b15-14+. The molecular weight excluding hydrogens is 853 g/mol. The van der Waals surface area contributed by atoms with Gasteiger partial charge in [-0.3, -0.25) is 18.7 Å². The molecule has 15 heteroatoms. The topological polar surface area (TPSA) is 193 Å². The number of phenolic OH excluding ortho intramolecular Hbond substituents is 1. The number of hydrogen-bond donors (Lipinski definition) is 5.